The minimum absolute atomic E-state index is 0.145. The quantitative estimate of drug-likeness (QED) is 0.0537. The van der Waals surface area contributed by atoms with Gasteiger partial charge in [-0.15, -0.1) is 21.5 Å². The van der Waals surface area contributed by atoms with Gasteiger partial charge in [-0.25, -0.2) is 0 Å². The summed E-state index contributed by atoms with van der Waals surface area (Å²) >= 11 is 7.95. The molecule has 6 aromatic rings. The van der Waals surface area contributed by atoms with Gasteiger partial charge in [0.1, 0.15) is 22.7 Å². The molecule has 11 heteroatoms. The maximum absolute atomic E-state index is 13.4. The van der Waals surface area contributed by atoms with Gasteiger partial charge in [-0.3, -0.25) is 19.7 Å². The van der Waals surface area contributed by atoms with Crippen LogP contribution >= 0.6 is 22.9 Å². The number of ether oxygens (including phenoxy) is 3. The molecule has 1 aliphatic heterocycles. The van der Waals surface area contributed by atoms with E-state index in [9.17, 15) is 4.79 Å². The van der Waals surface area contributed by atoms with Crippen LogP contribution in [0.15, 0.2) is 120 Å². The highest BCUT2D eigenvalue weighted by Crippen LogP contribution is 2.40. The summed E-state index contributed by atoms with van der Waals surface area (Å²) in [5.41, 5.74) is 7.15. The highest BCUT2D eigenvalue weighted by Gasteiger charge is 2.36. The minimum atomic E-state index is -0.480. The molecule has 0 radical (unpaired) electrons. The predicted octanol–water partition coefficient (Wildman–Crippen LogP) is 9.95. The van der Waals surface area contributed by atoms with E-state index < -0.39 is 11.6 Å². The number of carbonyl (C=O) groups is 1. The highest BCUT2D eigenvalue weighted by atomic mass is 35.5. The molecule has 0 aliphatic carbocycles. The number of aryl methyl sites for hydroxylation is 2. The number of unbranched alkanes of at least 4 members (excludes halogenated alkanes) is 1. The van der Waals surface area contributed by atoms with Crippen molar-refractivity contribution in [2.75, 3.05) is 46.2 Å². The van der Waals surface area contributed by atoms with Gasteiger partial charge in [-0.2, -0.15) is 0 Å². The number of fused-ring (bicyclic) bond motifs is 3. The van der Waals surface area contributed by atoms with Gasteiger partial charge < -0.3 is 14.2 Å². The van der Waals surface area contributed by atoms with E-state index in [1.807, 2.05) is 31.2 Å². The first kappa shape index (κ1) is 43.3. The predicted molar refractivity (Wildman–Crippen MR) is 241 cm³/mol. The lowest BCUT2D eigenvalue weighted by molar-refractivity contribution is -0.119. The third-order valence-electron chi connectivity index (χ3n) is 11.0. The normalized spacial score (nSPS) is 13.7. The van der Waals surface area contributed by atoms with Crippen LogP contribution in [0.2, 0.25) is 5.02 Å². The second-order valence-electron chi connectivity index (χ2n) is 15.1. The zero-order chi connectivity index (χ0) is 41.7. The molecule has 0 amide bonds. The fourth-order valence-electron chi connectivity index (χ4n) is 7.84. The molecule has 0 fully saturated rings. The van der Waals surface area contributed by atoms with Gasteiger partial charge in [0, 0.05) is 47.1 Å². The van der Waals surface area contributed by atoms with E-state index in [-0.39, 0.29) is 12.2 Å². The van der Waals surface area contributed by atoms with Crippen molar-refractivity contribution in [3.8, 4) is 5.00 Å². The van der Waals surface area contributed by atoms with E-state index in [0.29, 0.717) is 56.9 Å². The third-order valence-corrected chi connectivity index (χ3v) is 12.4. The number of carbonyl (C=O) groups excluding carboxylic acids is 1. The standard InChI is InChI=1S/C49H54ClN5O4S/c1-35-36(2)60-48-45(35)46(38-23-25-42(50)26-24-38)52-44(47-54-53-37(3)55(47)48)34-43(56)22-13-14-28-57-30-32-59-33-31-58-29-15-27-51-49(39-16-7-4-8-17-39,40-18-9-5-10-19-40)41-20-11-6-12-21-41/h4-12,16-21,23-26,44,51H,13-15,22,27-34H2,1-3H3/t44-/m1/s1. The molecule has 1 aliphatic rings. The largest absolute Gasteiger partial charge is 0.379 e. The van der Waals surface area contributed by atoms with Crippen molar-refractivity contribution >= 4 is 34.4 Å². The molecule has 4 aromatic carbocycles. The average molecular weight is 845 g/mol. The van der Waals surface area contributed by atoms with Crippen LogP contribution in [0.1, 0.15) is 88.1 Å². The van der Waals surface area contributed by atoms with Gasteiger partial charge in [-0.05, 0) is 81.0 Å². The lowest BCUT2D eigenvalue weighted by Crippen LogP contribution is -2.45. The molecule has 2 aromatic heterocycles. The number of aromatic nitrogens is 3. The first-order valence-corrected chi connectivity index (χ1v) is 22.1. The van der Waals surface area contributed by atoms with Crippen LogP contribution in [0, 0.1) is 20.8 Å². The topological polar surface area (TPSA) is 99.9 Å². The Labute approximate surface area is 362 Å². The Morgan fingerprint density at radius 3 is 1.85 bits per heavy atom. The van der Waals surface area contributed by atoms with Crippen LogP contribution in [-0.4, -0.2) is 72.4 Å². The second-order valence-corrected chi connectivity index (χ2v) is 16.7. The van der Waals surface area contributed by atoms with Crippen molar-refractivity contribution in [2.45, 2.75) is 64.5 Å². The van der Waals surface area contributed by atoms with Crippen molar-refractivity contribution in [3.63, 3.8) is 0 Å². The fourth-order valence-corrected chi connectivity index (χ4v) is 9.18. The van der Waals surface area contributed by atoms with Crippen molar-refractivity contribution < 1.29 is 19.0 Å². The van der Waals surface area contributed by atoms with E-state index >= 15 is 0 Å². The SMILES string of the molecule is Cc1sc2c(c1C)C(c1ccc(Cl)cc1)=N[C@H](CC(=O)CCCCOCCOCCOCCCNC(c1ccccc1)(c1ccccc1)c1ccccc1)c1nnc(C)n1-2. The van der Waals surface area contributed by atoms with Gasteiger partial charge in [-0.1, -0.05) is 115 Å². The molecular weight excluding hydrogens is 790 g/mol. The van der Waals surface area contributed by atoms with E-state index in [1.54, 1.807) is 11.3 Å². The lowest BCUT2D eigenvalue weighted by atomic mass is 9.77. The van der Waals surface area contributed by atoms with Gasteiger partial charge in [0.25, 0.3) is 0 Å². The molecule has 1 atom stereocenters. The summed E-state index contributed by atoms with van der Waals surface area (Å²) in [4.78, 5) is 19.8. The number of aliphatic imine (C=N–C) groups is 1. The minimum Gasteiger partial charge on any atom is -0.379 e. The van der Waals surface area contributed by atoms with Crippen LogP contribution in [-0.2, 0) is 24.5 Å². The number of Topliss-reactive ketones (excluding diaryl/α,β-unsaturated/α-hetero) is 1. The summed E-state index contributed by atoms with van der Waals surface area (Å²) < 4.78 is 19.6. The smallest absolute Gasteiger partial charge is 0.163 e. The van der Waals surface area contributed by atoms with Crippen molar-refractivity contribution in [2.24, 2.45) is 4.99 Å². The zero-order valence-electron chi connectivity index (χ0n) is 34.7. The van der Waals surface area contributed by atoms with Gasteiger partial charge in [0.05, 0.1) is 37.7 Å². The second kappa shape index (κ2) is 21.1. The summed E-state index contributed by atoms with van der Waals surface area (Å²) in [6, 6.07) is 39.2. The number of ketones is 1. The van der Waals surface area contributed by atoms with Gasteiger partial charge in [0.2, 0.25) is 0 Å². The summed E-state index contributed by atoms with van der Waals surface area (Å²) in [6.45, 7) is 10.2. The molecule has 9 nitrogen and oxygen atoms in total. The lowest BCUT2D eigenvalue weighted by Gasteiger charge is -2.37. The van der Waals surface area contributed by atoms with E-state index in [4.69, 9.17) is 30.8 Å². The summed E-state index contributed by atoms with van der Waals surface area (Å²) in [5, 5.41) is 14.6. The zero-order valence-corrected chi connectivity index (χ0v) is 36.3. The number of halogens is 1. The van der Waals surface area contributed by atoms with E-state index in [1.165, 1.54) is 27.1 Å². The molecule has 7 rings (SSSR count). The highest BCUT2D eigenvalue weighted by molar-refractivity contribution is 7.15. The molecule has 0 spiro atoms. The van der Waals surface area contributed by atoms with Crippen LogP contribution < -0.4 is 5.32 Å². The number of hydrogen-bond acceptors (Lipinski definition) is 9. The Kier molecular flexibility index (Phi) is 15.2. The Morgan fingerprint density at radius 1 is 0.717 bits per heavy atom. The molecule has 0 unspecified atom stereocenters. The molecule has 60 heavy (non-hydrogen) atoms. The maximum atomic E-state index is 13.4. The van der Waals surface area contributed by atoms with Gasteiger partial charge in [0.15, 0.2) is 5.82 Å². The molecule has 312 valence electrons. The fraction of sp³-hybridized carbons (Fsp3) is 0.347. The van der Waals surface area contributed by atoms with Crippen LogP contribution in [0.5, 0.6) is 0 Å². The molecular formula is C49H54ClN5O4S. The first-order chi connectivity index (χ1) is 29.4. The van der Waals surface area contributed by atoms with E-state index in [0.717, 1.165) is 53.5 Å². The Hall–Kier alpha value is -4.81. The molecule has 0 saturated heterocycles. The molecule has 1 N–H and O–H groups in total. The number of rotatable bonds is 22. The Bertz CT molecular complexity index is 2220. The number of hydrogen-bond donors (Lipinski definition) is 1. The van der Waals surface area contributed by atoms with Crippen molar-refractivity contribution in [1.82, 2.24) is 20.1 Å². The number of thiophene rings is 1. The summed E-state index contributed by atoms with van der Waals surface area (Å²) in [6.07, 6.45) is 3.09. The number of benzene rings is 4. The number of nitrogens with zero attached hydrogens (tertiary/aromatic N) is 4. The maximum Gasteiger partial charge on any atom is 0.163 e. The third kappa shape index (κ3) is 10.2. The molecule has 3 heterocycles. The number of nitrogens with one attached hydrogen (secondary N) is 1. The Morgan fingerprint density at radius 2 is 1.27 bits per heavy atom. The van der Waals surface area contributed by atoms with Gasteiger partial charge >= 0.3 is 0 Å². The van der Waals surface area contributed by atoms with E-state index in [2.05, 4.69) is 125 Å². The monoisotopic (exact) mass is 843 g/mol. The van der Waals surface area contributed by atoms with Crippen LogP contribution in [0.3, 0.4) is 0 Å². The molecule has 0 bridgehead atoms. The van der Waals surface area contributed by atoms with Crippen LogP contribution in [0.25, 0.3) is 5.00 Å². The summed E-state index contributed by atoms with van der Waals surface area (Å²) in [5.74, 6) is 1.63. The first-order valence-electron chi connectivity index (χ1n) is 20.9. The molecule has 0 saturated carbocycles. The van der Waals surface area contributed by atoms with Crippen LogP contribution in [0.4, 0.5) is 0 Å². The summed E-state index contributed by atoms with van der Waals surface area (Å²) in [7, 11) is 0. The van der Waals surface area contributed by atoms with Crippen molar-refractivity contribution in [3.05, 3.63) is 170 Å². The van der Waals surface area contributed by atoms with Crippen molar-refractivity contribution in [1.29, 1.82) is 0 Å². The Balaban J connectivity index is 0.799. The average Bonchev–Trinajstić information content (AvgIpc) is 3.76.